The Morgan fingerprint density at radius 3 is 2.42 bits per heavy atom. The lowest BCUT2D eigenvalue weighted by molar-refractivity contribution is -0.160. The van der Waals surface area contributed by atoms with Crippen LogP contribution in [0.15, 0.2) is 6.07 Å². The zero-order valence-electron chi connectivity index (χ0n) is 23.9. The standard InChI is InChI=1S/C31H40FNO5/c1-16(2)14-33-15-23-19(5)26(22-12-24(32)28-20(17(22)3)10-9-11-37-28)27(18(4)21(23)13-25(33)34)29(30(35)36)38-31(6,7)8/h12,16,29H,9-11,13-15H2,1-8H3,(H,35,36)/t29-/m1/s1. The monoisotopic (exact) mass is 525 g/mol. The van der Waals surface area contributed by atoms with E-state index in [1.54, 1.807) is 0 Å². The molecule has 38 heavy (non-hydrogen) atoms. The van der Waals surface area contributed by atoms with Crippen molar-refractivity contribution in [2.45, 2.75) is 92.9 Å². The lowest BCUT2D eigenvalue weighted by Crippen LogP contribution is -2.39. The number of fused-ring (bicyclic) bond motifs is 2. The van der Waals surface area contributed by atoms with Crippen LogP contribution in [0.3, 0.4) is 0 Å². The molecule has 1 amide bonds. The molecule has 0 fully saturated rings. The minimum Gasteiger partial charge on any atom is -0.490 e. The predicted molar refractivity (Wildman–Crippen MR) is 145 cm³/mol. The highest BCUT2D eigenvalue weighted by atomic mass is 19.1. The number of rotatable bonds is 6. The van der Waals surface area contributed by atoms with Crippen molar-refractivity contribution in [1.29, 1.82) is 0 Å². The molecular formula is C31H40FNO5. The maximum absolute atomic E-state index is 15.5. The normalized spacial score (nSPS) is 16.3. The van der Waals surface area contributed by atoms with Gasteiger partial charge in [-0.25, -0.2) is 9.18 Å². The highest BCUT2D eigenvalue weighted by Crippen LogP contribution is 2.46. The van der Waals surface area contributed by atoms with Crippen LogP contribution in [0.25, 0.3) is 11.1 Å². The van der Waals surface area contributed by atoms with E-state index in [1.807, 2.05) is 46.4 Å². The maximum Gasteiger partial charge on any atom is 0.337 e. The maximum atomic E-state index is 15.5. The number of carbonyl (C=O) groups is 2. The molecule has 0 saturated heterocycles. The van der Waals surface area contributed by atoms with E-state index in [1.165, 1.54) is 6.07 Å². The number of aliphatic carboxylic acids is 1. The lowest BCUT2D eigenvalue weighted by Gasteiger charge is -2.36. The molecular weight excluding hydrogens is 485 g/mol. The van der Waals surface area contributed by atoms with Gasteiger partial charge < -0.3 is 19.5 Å². The van der Waals surface area contributed by atoms with Gasteiger partial charge in [-0.3, -0.25) is 4.79 Å². The van der Waals surface area contributed by atoms with Crippen LogP contribution in [-0.4, -0.2) is 40.6 Å². The smallest absolute Gasteiger partial charge is 0.337 e. The Kier molecular flexibility index (Phi) is 7.63. The average Bonchev–Trinajstić information content (AvgIpc) is 2.82. The number of halogens is 1. The van der Waals surface area contributed by atoms with Gasteiger partial charge in [0, 0.05) is 24.2 Å². The van der Waals surface area contributed by atoms with E-state index in [0.717, 1.165) is 39.8 Å². The van der Waals surface area contributed by atoms with E-state index in [-0.39, 0.29) is 12.3 Å². The van der Waals surface area contributed by atoms with Crippen molar-refractivity contribution in [2.75, 3.05) is 13.2 Å². The van der Waals surface area contributed by atoms with Gasteiger partial charge in [0.1, 0.15) is 0 Å². The van der Waals surface area contributed by atoms with Crippen molar-refractivity contribution in [3.8, 4) is 16.9 Å². The summed E-state index contributed by atoms with van der Waals surface area (Å²) in [5.41, 5.74) is 6.25. The largest absolute Gasteiger partial charge is 0.490 e. The first-order chi connectivity index (χ1) is 17.7. The quantitative estimate of drug-likeness (QED) is 0.484. The van der Waals surface area contributed by atoms with Crippen LogP contribution in [0.5, 0.6) is 5.75 Å². The summed E-state index contributed by atoms with van der Waals surface area (Å²) in [6, 6.07) is 1.48. The number of carboxylic acid groups (broad SMARTS) is 1. The molecule has 1 atom stereocenters. The van der Waals surface area contributed by atoms with Crippen molar-refractivity contribution in [3.63, 3.8) is 0 Å². The van der Waals surface area contributed by atoms with Crippen LogP contribution in [0.4, 0.5) is 4.39 Å². The fourth-order valence-corrected chi connectivity index (χ4v) is 5.94. The van der Waals surface area contributed by atoms with Gasteiger partial charge in [-0.1, -0.05) is 13.8 Å². The summed E-state index contributed by atoms with van der Waals surface area (Å²) in [6.07, 6.45) is 0.410. The summed E-state index contributed by atoms with van der Waals surface area (Å²) < 4.78 is 27.3. The summed E-state index contributed by atoms with van der Waals surface area (Å²) >= 11 is 0. The summed E-state index contributed by atoms with van der Waals surface area (Å²) in [5.74, 6) is -0.924. The Bertz CT molecular complexity index is 1290. The molecule has 2 aliphatic rings. The minimum atomic E-state index is -1.28. The summed E-state index contributed by atoms with van der Waals surface area (Å²) in [7, 11) is 0. The van der Waals surface area contributed by atoms with Gasteiger partial charge >= 0.3 is 5.97 Å². The summed E-state index contributed by atoms with van der Waals surface area (Å²) in [5, 5.41) is 10.4. The van der Waals surface area contributed by atoms with E-state index in [0.29, 0.717) is 54.5 Å². The SMILES string of the molecule is Cc1c(-c2c(C)c3c(c(C)c2[C@@H](OC(C)(C)C)C(=O)O)CC(=O)N(CC(C)C)C3)cc(F)c2c1CCCO2. The van der Waals surface area contributed by atoms with E-state index < -0.39 is 23.5 Å². The first-order valence-corrected chi connectivity index (χ1v) is 13.5. The third-order valence-corrected chi connectivity index (χ3v) is 7.60. The number of carbonyl (C=O) groups excluding carboxylic acids is 1. The molecule has 1 N–H and O–H groups in total. The number of hydrogen-bond donors (Lipinski definition) is 1. The average molecular weight is 526 g/mol. The molecule has 0 spiro atoms. The zero-order valence-corrected chi connectivity index (χ0v) is 23.9. The fraction of sp³-hybridized carbons (Fsp3) is 0.548. The second-order valence-corrected chi connectivity index (χ2v) is 12.1. The van der Waals surface area contributed by atoms with Crippen LogP contribution < -0.4 is 4.74 Å². The van der Waals surface area contributed by atoms with Crippen molar-refractivity contribution in [2.24, 2.45) is 5.92 Å². The van der Waals surface area contributed by atoms with Gasteiger partial charge in [-0.15, -0.1) is 0 Å². The molecule has 2 aliphatic heterocycles. The molecule has 0 aromatic heterocycles. The van der Waals surface area contributed by atoms with Crippen LogP contribution in [0.2, 0.25) is 0 Å². The number of carboxylic acids is 1. The van der Waals surface area contributed by atoms with Crippen molar-refractivity contribution in [1.82, 2.24) is 4.90 Å². The Hall–Kier alpha value is -2.93. The van der Waals surface area contributed by atoms with E-state index in [4.69, 9.17) is 9.47 Å². The minimum absolute atomic E-state index is 0.0316. The Morgan fingerprint density at radius 2 is 1.82 bits per heavy atom. The van der Waals surface area contributed by atoms with Gasteiger partial charge in [-0.05, 0) is 105 Å². The molecule has 2 aromatic rings. The van der Waals surface area contributed by atoms with Gasteiger partial charge in [0.05, 0.1) is 18.6 Å². The highest BCUT2D eigenvalue weighted by molar-refractivity contribution is 5.88. The predicted octanol–water partition coefficient (Wildman–Crippen LogP) is 6.22. The first kappa shape index (κ1) is 28.1. The van der Waals surface area contributed by atoms with Crippen molar-refractivity contribution < 1.29 is 28.6 Å². The molecule has 0 radical (unpaired) electrons. The summed E-state index contributed by atoms with van der Waals surface area (Å²) in [6.45, 7) is 17.0. The van der Waals surface area contributed by atoms with E-state index in [9.17, 15) is 14.7 Å². The number of hydrogen-bond acceptors (Lipinski definition) is 4. The number of amides is 1. The molecule has 0 saturated carbocycles. The lowest BCUT2D eigenvalue weighted by atomic mass is 9.78. The Balaban J connectivity index is 2.06. The Morgan fingerprint density at radius 1 is 1.13 bits per heavy atom. The van der Waals surface area contributed by atoms with Crippen LogP contribution in [0, 0.1) is 32.5 Å². The van der Waals surface area contributed by atoms with Crippen molar-refractivity contribution in [3.05, 3.63) is 50.8 Å². The molecule has 6 nitrogen and oxygen atoms in total. The molecule has 0 aliphatic carbocycles. The van der Waals surface area contributed by atoms with E-state index >= 15 is 4.39 Å². The molecule has 2 aromatic carbocycles. The van der Waals surface area contributed by atoms with Gasteiger partial charge in [0.2, 0.25) is 5.91 Å². The fourth-order valence-electron chi connectivity index (χ4n) is 5.94. The third kappa shape index (κ3) is 5.18. The summed E-state index contributed by atoms with van der Waals surface area (Å²) in [4.78, 5) is 27.7. The number of benzene rings is 2. The van der Waals surface area contributed by atoms with Gasteiger partial charge in [0.15, 0.2) is 17.7 Å². The second-order valence-electron chi connectivity index (χ2n) is 12.1. The molecule has 0 unspecified atom stereocenters. The molecule has 4 rings (SSSR count). The Labute approximate surface area is 225 Å². The molecule has 7 heteroatoms. The molecule has 2 heterocycles. The van der Waals surface area contributed by atoms with Crippen LogP contribution >= 0.6 is 0 Å². The zero-order chi connectivity index (χ0) is 28.1. The highest BCUT2D eigenvalue weighted by Gasteiger charge is 2.37. The van der Waals surface area contributed by atoms with Gasteiger partial charge in [0.25, 0.3) is 0 Å². The second kappa shape index (κ2) is 10.3. The van der Waals surface area contributed by atoms with Crippen molar-refractivity contribution >= 4 is 11.9 Å². The van der Waals surface area contributed by atoms with Crippen LogP contribution in [0.1, 0.15) is 86.1 Å². The number of ether oxygens (including phenoxy) is 2. The molecule has 206 valence electrons. The van der Waals surface area contributed by atoms with E-state index in [2.05, 4.69) is 13.8 Å². The van der Waals surface area contributed by atoms with Gasteiger partial charge in [-0.2, -0.15) is 0 Å². The third-order valence-electron chi connectivity index (χ3n) is 7.60. The van der Waals surface area contributed by atoms with Crippen LogP contribution in [-0.2, 0) is 33.7 Å². The number of nitrogens with zero attached hydrogens (tertiary/aromatic N) is 1. The first-order valence-electron chi connectivity index (χ1n) is 13.5. The topological polar surface area (TPSA) is 76.1 Å². The molecule has 0 bridgehead atoms.